The van der Waals surface area contributed by atoms with Gasteiger partial charge < -0.3 is 10.3 Å². The van der Waals surface area contributed by atoms with E-state index < -0.39 is 23.5 Å². The monoisotopic (exact) mass is 461 g/mol. The molecule has 0 spiro atoms. The summed E-state index contributed by atoms with van der Waals surface area (Å²) in [5.41, 5.74) is 7.68. The summed E-state index contributed by atoms with van der Waals surface area (Å²) in [6.07, 6.45) is -4.60. The van der Waals surface area contributed by atoms with E-state index in [-0.39, 0.29) is 17.7 Å². The third kappa shape index (κ3) is 3.69. The molecule has 4 aromatic carbocycles. The van der Waals surface area contributed by atoms with Crippen LogP contribution in [0.1, 0.15) is 21.5 Å². The van der Waals surface area contributed by atoms with Crippen LogP contribution >= 0.6 is 0 Å². The number of aromatic nitrogens is 1. The van der Waals surface area contributed by atoms with E-state index in [0.717, 1.165) is 29.3 Å². The minimum absolute atomic E-state index is 0.122. The van der Waals surface area contributed by atoms with E-state index in [2.05, 4.69) is 6.07 Å². The second-order valence-corrected chi connectivity index (χ2v) is 7.97. The Bertz CT molecular complexity index is 1550. The van der Waals surface area contributed by atoms with Gasteiger partial charge in [-0.25, -0.2) is 4.39 Å². The maximum atomic E-state index is 14.6. The summed E-state index contributed by atoms with van der Waals surface area (Å²) in [5, 5.41) is 1.11. The van der Waals surface area contributed by atoms with E-state index in [4.69, 9.17) is 5.73 Å². The van der Waals surface area contributed by atoms with Crippen molar-refractivity contribution in [1.82, 2.24) is 4.57 Å². The highest BCUT2D eigenvalue weighted by Gasteiger charge is 2.31. The summed E-state index contributed by atoms with van der Waals surface area (Å²) in [4.78, 5) is 12.1. The lowest BCUT2D eigenvalue weighted by Gasteiger charge is -2.13. The molecule has 0 bridgehead atoms. The lowest BCUT2D eigenvalue weighted by molar-refractivity contribution is -0.137. The van der Waals surface area contributed by atoms with Crippen molar-refractivity contribution < 1.29 is 22.4 Å². The summed E-state index contributed by atoms with van der Waals surface area (Å²) in [6, 6.07) is 23.7. The van der Waals surface area contributed by atoms with Gasteiger partial charge in [0, 0.05) is 21.9 Å². The number of nitrogens with zero attached hydrogens (tertiary/aromatic N) is 1. The van der Waals surface area contributed by atoms with Gasteiger partial charge in [-0.3, -0.25) is 4.79 Å². The number of alkyl halides is 3. The van der Waals surface area contributed by atoms with Crippen LogP contribution in [-0.4, -0.2) is 10.5 Å². The Morgan fingerprint density at radius 2 is 1.68 bits per heavy atom. The number of rotatable bonds is 4. The topological polar surface area (TPSA) is 48.0 Å². The molecule has 169 valence electrons. The first-order valence-corrected chi connectivity index (χ1v) is 10.4. The average Bonchev–Trinajstić information content (AvgIpc) is 3.13. The summed E-state index contributed by atoms with van der Waals surface area (Å²) >= 11 is 0. The van der Waals surface area contributed by atoms with Crippen molar-refractivity contribution in [3.05, 3.63) is 107 Å². The van der Waals surface area contributed by atoms with Crippen molar-refractivity contribution in [2.24, 2.45) is 5.73 Å². The number of fused-ring (bicyclic) bond motifs is 3. The molecule has 7 heteroatoms. The number of hydrogen-bond acceptors (Lipinski definition) is 1. The molecule has 34 heavy (non-hydrogen) atoms. The molecule has 5 rings (SSSR count). The summed E-state index contributed by atoms with van der Waals surface area (Å²) in [5.74, 6) is -1.40. The zero-order chi connectivity index (χ0) is 24.0. The zero-order valence-electron chi connectivity index (χ0n) is 17.7. The van der Waals surface area contributed by atoms with E-state index in [1.54, 1.807) is 28.8 Å². The smallest absolute Gasteiger partial charge is 0.366 e. The Hall–Kier alpha value is -4.13. The largest absolute Gasteiger partial charge is 0.416 e. The molecule has 0 aliphatic heterocycles. The first-order chi connectivity index (χ1) is 16.2. The Kier molecular flexibility index (Phi) is 5.12. The maximum Gasteiger partial charge on any atom is 0.416 e. The van der Waals surface area contributed by atoms with Crippen molar-refractivity contribution in [2.75, 3.05) is 0 Å². The van der Waals surface area contributed by atoms with E-state index in [0.29, 0.717) is 21.8 Å². The third-order valence-corrected chi connectivity index (χ3v) is 5.87. The standard InChI is InChI=1S/C27H17F4N2O/c28-22-12-10-19(27(29,30)31)13-18(22)15-33-23-8-4-7-21(26(32)34)25(23)20-11-9-17(14-24(20)33)16-5-2-1-3-6-16/h1-10,12-14H,15H2,(H2,32,34). The van der Waals surface area contributed by atoms with Crippen LogP contribution in [0.2, 0.25) is 0 Å². The highest BCUT2D eigenvalue weighted by Crippen LogP contribution is 2.36. The normalized spacial score (nSPS) is 11.9. The molecular formula is C27H17F4N2O. The number of amides is 1. The molecule has 0 saturated carbocycles. The number of hydrogen-bond donors (Lipinski definition) is 1. The molecule has 0 aliphatic carbocycles. The summed E-state index contributed by atoms with van der Waals surface area (Å²) < 4.78 is 56.2. The number of primary amides is 1. The molecule has 5 aromatic rings. The molecule has 0 atom stereocenters. The summed E-state index contributed by atoms with van der Waals surface area (Å²) in [7, 11) is 0. The van der Waals surface area contributed by atoms with Crippen LogP contribution in [0.15, 0.2) is 78.9 Å². The van der Waals surface area contributed by atoms with Gasteiger partial charge in [0.05, 0.1) is 23.1 Å². The van der Waals surface area contributed by atoms with Gasteiger partial charge in [0.2, 0.25) is 5.91 Å². The number of halogens is 4. The fraction of sp³-hybridized carbons (Fsp3) is 0.0741. The van der Waals surface area contributed by atoms with Crippen molar-refractivity contribution in [3.8, 4) is 11.1 Å². The minimum Gasteiger partial charge on any atom is -0.366 e. The second-order valence-electron chi connectivity index (χ2n) is 7.97. The highest BCUT2D eigenvalue weighted by molar-refractivity contribution is 6.18. The second kappa shape index (κ2) is 8.02. The zero-order valence-corrected chi connectivity index (χ0v) is 17.7. The van der Waals surface area contributed by atoms with Gasteiger partial charge in [-0.15, -0.1) is 0 Å². The molecule has 1 amide bonds. The summed E-state index contributed by atoms with van der Waals surface area (Å²) in [6.45, 7) is -0.177. The van der Waals surface area contributed by atoms with E-state index in [9.17, 15) is 22.4 Å². The Morgan fingerprint density at radius 1 is 0.912 bits per heavy atom. The van der Waals surface area contributed by atoms with Crippen molar-refractivity contribution >= 4 is 27.7 Å². The van der Waals surface area contributed by atoms with E-state index >= 15 is 0 Å². The Labute approximate surface area is 192 Å². The SMILES string of the molecule is NC(=O)c1cccc2c1c1[c]cc(-c3ccccc3)cc1n2Cc1cc(C(F)(F)F)ccc1F. The number of carbonyl (C=O) groups excluding carboxylic acids is 1. The van der Waals surface area contributed by atoms with Gasteiger partial charge in [0.15, 0.2) is 0 Å². The van der Waals surface area contributed by atoms with Crippen molar-refractivity contribution in [1.29, 1.82) is 0 Å². The molecule has 1 radical (unpaired) electrons. The molecule has 0 unspecified atom stereocenters. The molecule has 0 fully saturated rings. The van der Waals surface area contributed by atoms with Gasteiger partial charge in [-0.2, -0.15) is 13.2 Å². The fourth-order valence-electron chi connectivity index (χ4n) is 4.27. The maximum absolute atomic E-state index is 14.6. The quantitative estimate of drug-likeness (QED) is 0.303. The van der Waals surface area contributed by atoms with Crippen LogP contribution in [0.3, 0.4) is 0 Å². The van der Waals surface area contributed by atoms with Crippen LogP contribution < -0.4 is 5.73 Å². The fourth-order valence-corrected chi connectivity index (χ4v) is 4.27. The molecule has 1 aromatic heterocycles. The number of nitrogens with two attached hydrogens (primary N) is 1. The molecule has 0 saturated heterocycles. The first kappa shape index (κ1) is 21.7. The Morgan fingerprint density at radius 3 is 2.38 bits per heavy atom. The van der Waals surface area contributed by atoms with E-state index in [1.165, 1.54) is 0 Å². The first-order valence-electron chi connectivity index (χ1n) is 10.4. The van der Waals surface area contributed by atoms with Gasteiger partial charge in [0.1, 0.15) is 5.82 Å². The van der Waals surface area contributed by atoms with Crippen LogP contribution in [-0.2, 0) is 12.7 Å². The van der Waals surface area contributed by atoms with Gasteiger partial charge in [-0.05, 0) is 59.7 Å². The molecule has 2 N–H and O–H groups in total. The minimum atomic E-state index is -4.60. The highest BCUT2D eigenvalue weighted by atomic mass is 19.4. The predicted octanol–water partition coefficient (Wildman–Crippen LogP) is 6.57. The third-order valence-electron chi connectivity index (χ3n) is 5.87. The number of benzene rings is 4. The van der Waals surface area contributed by atoms with Gasteiger partial charge >= 0.3 is 6.18 Å². The molecule has 1 heterocycles. The van der Waals surface area contributed by atoms with Crippen molar-refractivity contribution in [3.63, 3.8) is 0 Å². The average molecular weight is 461 g/mol. The molecular weight excluding hydrogens is 444 g/mol. The predicted molar refractivity (Wildman–Crippen MR) is 123 cm³/mol. The lowest BCUT2D eigenvalue weighted by Crippen LogP contribution is -2.11. The van der Waals surface area contributed by atoms with Gasteiger partial charge in [-0.1, -0.05) is 36.4 Å². The van der Waals surface area contributed by atoms with Crippen LogP contribution in [0.25, 0.3) is 32.9 Å². The van der Waals surface area contributed by atoms with Crippen LogP contribution in [0, 0.1) is 11.9 Å². The van der Waals surface area contributed by atoms with Gasteiger partial charge in [0.25, 0.3) is 0 Å². The molecule has 0 aliphatic rings. The Balaban J connectivity index is 1.79. The van der Waals surface area contributed by atoms with Crippen molar-refractivity contribution in [2.45, 2.75) is 12.7 Å². The number of carbonyl (C=O) groups is 1. The van der Waals surface area contributed by atoms with E-state index in [1.807, 2.05) is 36.4 Å². The van der Waals surface area contributed by atoms with Crippen LogP contribution in [0.5, 0.6) is 0 Å². The molecule has 3 nitrogen and oxygen atoms in total. The lowest BCUT2D eigenvalue weighted by atomic mass is 10.0. The van der Waals surface area contributed by atoms with Crippen LogP contribution in [0.4, 0.5) is 17.6 Å².